The van der Waals surface area contributed by atoms with Crippen LogP contribution in [0.3, 0.4) is 0 Å². The minimum absolute atomic E-state index is 0.115. The fourth-order valence-electron chi connectivity index (χ4n) is 1.76. The number of thiophene rings is 1. The molecule has 2 heterocycles. The average molecular weight is 224 g/mol. The van der Waals surface area contributed by atoms with Gasteiger partial charge in [-0.25, -0.2) is 4.79 Å². The Morgan fingerprint density at radius 1 is 1.53 bits per heavy atom. The van der Waals surface area contributed by atoms with Crippen molar-refractivity contribution >= 4 is 34.6 Å². The first kappa shape index (κ1) is 8.72. The molecule has 1 spiro atoms. The van der Waals surface area contributed by atoms with Gasteiger partial charge in [0, 0.05) is 5.38 Å². The van der Waals surface area contributed by atoms with Crippen molar-refractivity contribution in [3.63, 3.8) is 0 Å². The Hall–Kier alpha value is -1.56. The highest BCUT2D eigenvalue weighted by Crippen LogP contribution is 2.47. The van der Waals surface area contributed by atoms with Crippen molar-refractivity contribution in [3.05, 3.63) is 10.3 Å². The van der Waals surface area contributed by atoms with Crippen LogP contribution < -0.4 is 10.6 Å². The summed E-state index contributed by atoms with van der Waals surface area (Å²) in [5.41, 5.74) is 0.689. The largest absolute Gasteiger partial charge is 0.477 e. The molecule has 5 nitrogen and oxygen atoms in total. The van der Waals surface area contributed by atoms with Gasteiger partial charge in [-0.05, 0) is 12.8 Å². The minimum atomic E-state index is -1.00. The molecule has 0 aromatic carbocycles. The zero-order valence-electron chi connectivity index (χ0n) is 7.66. The summed E-state index contributed by atoms with van der Waals surface area (Å²) in [4.78, 5) is 22.7. The van der Waals surface area contributed by atoms with Crippen molar-refractivity contribution in [2.45, 2.75) is 18.4 Å². The highest BCUT2D eigenvalue weighted by Gasteiger charge is 2.53. The van der Waals surface area contributed by atoms with Crippen molar-refractivity contribution in [1.82, 2.24) is 0 Å². The third kappa shape index (κ3) is 1.08. The second kappa shape index (κ2) is 2.52. The first-order valence-corrected chi connectivity index (χ1v) is 5.45. The van der Waals surface area contributed by atoms with Crippen LogP contribution in [0.2, 0.25) is 0 Å². The van der Waals surface area contributed by atoms with E-state index in [1.807, 2.05) is 0 Å². The van der Waals surface area contributed by atoms with Crippen molar-refractivity contribution in [2.24, 2.45) is 0 Å². The first-order valence-electron chi connectivity index (χ1n) is 4.57. The van der Waals surface area contributed by atoms with E-state index in [0.717, 1.165) is 29.9 Å². The molecule has 0 bridgehead atoms. The monoisotopic (exact) mass is 224 g/mol. The molecule has 1 fully saturated rings. The minimum Gasteiger partial charge on any atom is -0.477 e. The number of carbonyl (C=O) groups excluding carboxylic acids is 1. The molecule has 3 N–H and O–H groups in total. The van der Waals surface area contributed by atoms with Gasteiger partial charge in [0.05, 0.1) is 11.4 Å². The maximum absolute atomic E-state index is 11.7. The number of nitrogens with one attached hydrogen (secondary N) is 2. The number of carbonyl (C=O) groups is 2. The molecule has 1 aliphatic carbocycles. The number of carboxylic acids is 1. The lowest BCUT2D eigenvalue weighted by Gasteiger charge is -2.24. The second-order valence-corrected chi connectivity index (χ2v) is 4.70. The van der Waals surface area contributed by atoms with Crippen LogP contribution in [-0.2, 0) is 4.79 Å². The lowest BCUT2D eigenvalue weighted by Crippen LogP contribution is -2.40. The summed E-state index contributed by atoms with van der Waals surface area (Å²) < 4.78 is 0. The van der Waals surface area contributed by atoms with Crippen molar-refractivity contribution < 1.29 is 14.7 Å². The number of hydrogen-bond acceptors (Lipinski definition) is 4. The van der Waals surface area contributed by atoms with Gasteiger partial charge < -0.3 is 15.7 Å². The Morgan fingerprint density at radius 3 is 2.87 bits per heavy atom. The Morgan fingerprint density at radius 2 is 2.27 bits per heavy atom. The molecule has 1 aromatic heterocycles. The first-order chi connectivity index (χ1) is 7.12. The number of aromatic carboxylic acids is 1. The van der Waals surface area contributed by atoms with E-state index in [1.165, 1.54) is 0 Å². The molecule has 1 amide bonds. The highest BCUT2D eigenvalue weighted by atomic mass is 32.1. The molecule has 6 heteroatoms. The van der Waals surface area contributed by atoms with Crippen molar-refractivity contribution in [2.75, 3.05) is 10.6 Å². The van der Waals surface area contributed by atoms with Gasteiger partial charge >= 0.3 is 5.97 Å². The smallest absolute Gasteiger partial charge is 0.348 e. The average Bonchev–Trinajstić information content (AvgIpc) is 2.82. The number of fused-ring (bicyclic) bond motifs is 1. The Labute approximate surface area is 89.1 Å². The Balaban J connectivity index is 2.06. The van der Waals surface area contributed by atoms with E-state index in [4.69, 9.17) is 5.11 Å². The van der Waals surface area contributed by atoms with E-state index >= 15 is 0 Å². The Kier molecular flexibility index (Phi) is 1.46. The molecule has 2 aliphatic rings. The normalized spacial score (nSPS) is 20.4. The van der Waals surface area contributed by atoms with Crippen molar-refractivity contribution in [1.29, 1.82) is 0 Å². The number of anilines is 2. The SMILES string of the molecule is O=C(O)c1scc2c1NC(=O)C1(CC1)N2. The molecular formula is C9H8N2O3S. The second-order valence-electron chi connectivity index (χ2n) is 3.82. The van der Waals surface area contributed by atoms with Gasteiger partial charge in [0.1, 0.15) is 10.4 Å². The lowest BCUT2D eigenvalue weighted by atomic mass is 10.1. The number of hydrogen-bond donors (Lipinski definition) is 3. The van der Waals surface area contributed by atoms with Gasteiger partial charge in [-0.1, -0.05) is 0 Å². The maximum Gasteiger partial charge on any atom is 0.348 e. The summed E-state index contributed by atoms with van der Waals surface area (Å²) in [7, 11) is 0. The summed E-state index contributed by atoms with van der Waals surface area (Å²) in [6.07, 6.45) is 1.63. The fourth-order valence-corrected chi connectivity index (χ4v) is 2.55. The molecule has 0 radical (unpaired) electrons. The zero-order valence-corrected chi connectivity index (χ0v) is 8.48. The lowest BCUT2D eigenvalue weighted by molar-refractivity contribution is -0.117. The van der Waals surface area contributed by atoms with Crippen molar-refractivity contribution in [3.8, 4) is 0 Å². The molecule has 0 atom stereocenters. The molecule has 1 saturated carbocycles. The third-order valence-corrected chi connectivity index (χ3v) is 3.75. The number of rotatable bonds is 1. The fraction of sp³-hybridized carbons (Fsp3) is 0.333. The van der Waals surface area contributed by atoms with Crippen LogP contribution in [0.5, 0.6) is 0 Å². The number of amides is 1. The summed E-state index contributed by atoms with van der Waals surface area (Å²) in [5.74, 6) is -1.12. The quantitative estimate of drug-likeness (QED) is 0.672. The van der Waals surface area contributed by atoms with E-state index in [1.54, 1.807) is 5.38 Å². The van der Waals surface area contributed by atoms with E-state index in [-0.39, 0.29) is 10.8 Å². The summed E-state index contributed by atoms with van der Waals surface area (Å²) in [6, 6.07) is 0. The summed E-state index contributed by atoms with van der Waals surface area (Å²) in [6.45, 7) is 0. The van der Waals surface area contributed by atoms with Gasteiger partial charge in [-0.15, -0.1) is 11.3 Å². The molecular weight excluding hydrogens is 216 g/mol. The molecule has 15 heavy (non-hydrogen) atoms. The van der Waals surface area contributed by atoms with Crippen LogP contribution in [0.25, 0.3) is 0 Å². The molecule has 1 aromatic rings. The van der Waals surface area contributed by atoms with Crippen LogP contribution in [0.15, 0.2) is 5.38 Å². The molecule has 0 unspecified atom stereocenters. The summed E-state index contributed by atoms with van der Waals surface area (Å²) in [5, 5.41) is 16.4. The predicted molar refractivity (Wildman–Crippen MR) is 55.5 cm³/mol. The zero-order chi connectivity index (χ0) is 10.6. The van der Waals surface area contributed by atoms with Gasteiger partial charge in [0.25, 0.3) is 0 Å². The Bertz CT molecular complexity index is 476. The highest BCUT2D eigenvalue weighted by molar-refractivity contribution is 7.13. The molecule has 0 saturated heterocycles. The van der Waals surface area contributed by atoms with Gasteiger partial charge in [-0.3, -0.25) is 4.79 Å². The van der Waals surface area contributed by atoms with Gasteiger partial charge in [0.15, 0.2) is 0 Å². The summed E-state index contributed by atoms with van der Waals surface area (Å²) >= 11 is 1.13. The van der Waals surface area contributed by atoms with E-state index in [9.17, 15) is 9.59 Å². The molecule has 3 rings (SSSR count). The maximum atomic E-state index is 11.7. The van der Waals surface area contributed by atoms with Crippen LogP contribution in [0.4, 0.5) is 11.4 Å². The van der Waals surface area contributed by atoms with Crippen LogP contribution in [0, 0.1) is 0 Å². The number of carboxylic acid groups (broad SMARTS) is 1. The van der Waals surface area contributed by atoms with Crippen LogP contribution in [-0.4, -0.2) is 22.5 Å². The molecule has 78 valence electrons. The van der Waals surface area contributed by atoms with E-state index in [0.29, 0.717) is 5.69 Å². The van der Waals surface area contributed by atoms with Crippen LogP contribution in [0.1, 0.15) is 22.5 Å². The molecule has 1 aliphatic heterocycles. The van der Waals surface area contributed by atoms with Crippen LogP contribution >= 0.6 is 11.3 Å². The van der Waals surface area contributed by atoms with E-state index in [2.05, 4.69) is 10.6 Å². The van der Waals surface area contributed by atoms with E-state index < -0.39 is 11.5 Å². The topological polar surface area (TPSA) is 78.4 Å². The third-order valence-electron chi connectivity index (χ3n) is 2.78. The predicted octanol–water partition coefficient (Wildman–Crippen LogP) is 1.34. The van der Waals surface area contributed by atoms with Gasteiger partial charge in [0.2, 0.25) is 5.91 Å². The van der Waals surface area contributed by atoms with Gasteiger partial charge in [-0.2, -0.15) is 0 Å². The standard InChI is InChI=1S/C9H8N2O3S/c12-7(13)6-5-4(3-15-6)11-9(1-2-9)8(14)10-5/h3,11H,1-2H2,(H,10,14)(H,12,13).